The zero-order valence-corrected chi connectivity index (χ0v) is 12.7. The predicted octanol–water partition coefficient (Wildman–Crippen LogP) is 3.45. The maximum absolute atomic E-state index is 13.1. The number of halogens is 1. The Kier molecular flexibility index (Phi) is 4.10. The molecule has 0 spiro atoms. The van der Waals surface area contributed by atoms with Crippen molar-refractivity contribution in [1.29, 1.82) is 0 Å². The van der Waals surface area contributed by atoms with Gasteiger partial charge in [0, 0.05) is 17.8 Å². The highest BCUT2D eigenvalue weighted by atomic mass is 19.1. The highest BCUT2D eigenvalue weighted by Gasteiger charge is 2.26. The Morgan fingerprint density at radius 1 is 1.26 bits per heavy atom. The molecule has 23 heavy (non-hydrogen) atoms. The minimum atomic E-state index is -0.298. The van der Waals surface area contributed by atoms with Gasteiger partial charge in [0.05, 0.1) is 5.92 Å². The van der Waals surface area contributed by atoms with Crippen LogP contribution < -0.4 is 10.6 Å². The lowest BCUT2D eigenvalue weighted by Gasteiger charge is -2.08. The number of rotatable bonds is 4. The number of carbonyl (C=O) groups excluding carboxylic acids is 2. The minimum absolute atomic E-state index is 0.0328. The van der Waals surface area contributed by atoms with E-state index >= 15 is 0 Å². The first-order valence-corrected chi connectivity index (χ1v) is 7.52. The topological polar surface area (TPSA) is 58.2 Å². The van der Waals surface area contributed by atoms with Crippen LogP contribution in [0, 0.1) is 5.82 Å². The van der Waals surface area contributed by atoms with E-state index in [-0.39, 0.29) is 30.0 Å². The molecule has 1 heterocycles. The van der Waals surface area contributed by atoms with E-state index in [1.807, 2.05) is 13.0 Å². The van der Waals surface area contributed by atoms with Crippen molar-refractivity contribution in [2.24, 2.45) is 0 Å². The van der Waals surface area contributed by atoms with Gasteiger partial charge in [-0.3, -0.25) is 9.59 Å². The molecule has 5 heteroatoms. The van der Waals surface area contributed by atoms with Crippen LogP contribution in [0.2, 0.25) is 0 Å². The number of benzene rings is 2. The Bertz CT molecular complexity index is 773. The van der Waals surface area contributed by atoms with Crippen molar-refractivity contribution in [1.82, 2.24) is 0 Å². The van der Waals surface area contributed by atoms with Crippen molar-refractivity contribution in [2.75, 3.05) is 10.6 Å². The van der Waals surface area contributed by atoms with E-state index in [0.717, 1.165) is 16.8 Å². The zero-order valence-electron chi connectivity index (χ0n) is 12.7. The number of aryl methyl sites for hydroxylation is 1. The van der Waals surface area contributed by atoms with Crippen LogP contribution >= 0.6 is 0 Å². The molecule has 0 aromatic heterocycles. The largest absolute Gasteiger partial charge is 0.326 e. The van der Waals surface area contributed by atoms with Crippen LogP contribution in [-0.2, 0) is 16.0 Å². The van der Waals surface area contributed by atoms with Gasteiger partial charge in [0.15, 0.2) is 0 Å². The zero-order chi connectivity index (χ0) is 16.4. The van der Waals surface area contributed by atoms with Crippen LogP contribution in [-0.4, -0.2) is 11.8 Å². The smallest absolute Gasteiger partial charge is 0.231 e. The molecule has 0 aliphatic carbocycles. The number of hydrogen-bond donors (Lipinski definition) is 2. The second-order valence-electron chi connectivity index (χ2n) is 5.69. The predicted molar refractivity (Wildman–Crippen MR) is 86.8 cm³/mol. The van der Waals surface area contributed by atoms with Crippen LogP contribution in [0.5, 0.6) is 0 Å². The third-order valence-electron chi connectivity index (χ3n) is 3.98. The summed E-state index contributed by atoms with van der Waals surface area (Å²) in [5, 5.41) is 5.61. The van der Waals surface area contributed by atoms with Gasteiger partial charge in [-0.1, -0.05) is 12.1 Å². The molecule has 1 atom stereocenters. The molecule has 118 valence electrons. The fraction of sp³-hybridized carbons (Fsp3) is 0.222. The average Bonchev–Trinajstić information content (AvgIpc) is 2.80. The van der Waals surface area contributed by atoms with Crippen molar-refractivity contribution in [3.05, 3.63) is 59.4 Å². The van der Waals surface area contributed by atoms with Crippen LogP contribution in [0.4, 0.5) is 15.8 Å². The SMILES string of the molecule is CC1C(=O)Nc2ccc(NC(=O)CCc3cccc(F)c3)cc21. The lowest BCUT2D eigenvalue weighted by atomic mass is 10.0. The van der Waals surface area contributed by atoms with Gasteiger partial charge in [-0.05, 0) is 54.8 Å². The van der Waals surface area contributed by atoms with Gasteiger partial charge in [-0.2, -0.15) is 0 Å². The Labute approximate surface area is 133 Å². The summed E-state index contributed by atoms with van der Waals surface area (Å²) < 4.78 is 13.1. The fourth-order valence-electron chi connectivity index (χ4n) is 2.67. The van der Waals surface area contributed by atoms with Crippen LogP contribution in [0.25, 0.3) is 0 Å². The summed E-state index contributed by atoms with van der Waals surface area (Å²) in [6.45, 7) is 1.83. The van der Waals surface area contributed by atoms with E-state index in [4.69, 9.17) is 0 Å². The summed E-state index contributed by atoms with van der Waals surface area (Å²) in [7, 11) is 0. The summed E-state index contributed by atoms with van der Waals surface area (Å²) >= 11 is 0. The first kappa shape index (κ1) is 15.2. The molecule has 0 saturated heterocycles. The summed E-state index contributed by atoms with van der Waals surface area (Å²) in [6.07, 6.45) is 0.748. The van der Waals surface area contributed by atoms with Crippen molar-refractivity contribution in [3.8, 4) is 0 Å². The van der Waals surface area contributed by atoms with Crippen molar-refractivity contribution in [3.63, 3.8) is 0 Å². The quantitative estimate of drug-likeness (QED) is 0.908. The molecule has 3 rings (SSSR count). The molecule has 2 N–H and O–H groups in total. The van der Waals surface area contributed by atoms with Gasteiger partial charge in [0.1, 0.15) is 5.82 Å². The molecular weight excluding hydrogens is 295 g/mol. The van der Waals surface area contributed by atoms with Gasteiger partial charge in [-0.25, -0.2) is 4.39 Å². The Hall–Kier alpha value is -2.69. The summed E-state index contributed by atoms with van der Waals surface area (Å²) in [5.74, 6) is -0.685. The Morgan fingerprint density at radius 3 is 2.87 bits per heavy atom. The van der Waals surface area contributed by atoms with Gasteiger partial charge in [0.2, 0.25) is 11.8 Å². The molecule has 1 aliphatic rings. The highest BCUT2D eigenvalue weighted by Crippen LogP contribution is 2.34. The molecule has 0 radical (unpaired) electrons. The molecule has 1 aliphatic heterocycles. The number of hydrogen-bond acceptors (Lipinski definition) is 2. The molecule has 2 amide bonds. The average molecular weight is 312 g/mol. The van der Waals surface area contributed by atoms with E-state index in [0.29, 0.717) is 12.1 Å². The highest BCUT2D eigenvalue weighted by molar-refractivity contribution is 6.03. The van der Waals surface area contributed by atoms with E-state index in [1.54, 1.807) is 24.3 Å². The third kappa shape index (κ3) is 3.39. The molecule has 0 bridgehead atoms. The minimum Gasteiger partial charge on any atom is -0.326 e. The second-order valence-corrected chi connectivity index (χ2v) is 5.69. The summed E-state index contributed by atoms with van der Waals surface area (Å²) in [6, 6.07) is 11.6. The molecule has 2 aromatic rings. The van der Waals surface area contributed by atoms with E-state index in [2.05, 4.69) is 10.6 Å². The maximum atomic E-state index is 13.1. The number of nitrogens with one attached hydrogen (secondary N) is 2. The number of anilines is 2. The molecule has 1 unspecified atom stereocenters. The van der Waals surface area contributed by atoms with Crippen LogP contribution in [0.1, 0.15) is 30.4 Å². The lowest BCUT2D eigenvalue weighted by molar-refractivity contribution is -0.117. The normalized spacial score (nSPS) is 15.9. The van der Waals surface area contributed by atoms with Gasteiger partial charge >= 0.3 is 0 Å². The van der Waals surface area contributed by atoms with Gasteiger partial charge in [0.25, 0.3) is 0 Å². The molecular formula is C18H17FN2O2. The number of fused-ring (bicyclic) bond motifs is 1. The molecule has 2 aromatic carbocycles. The van der Waals surface area contributed by atoms with Crippen molar-refractivity contribution in [2.45, 2.75) is 25.7 Å². The Balaban J connectivity index is 1.61. The number of carbonyl (C=O) groups is 2. The number of amides is 2. The maximum Gasteiger partial charge on any atom is 0.231 e. The summed E-state index contributed by atoms with van der Waals surface area (Å²) in [4.78, 5) is 23.7. The summed E-state index contributed by atoms with van der Waals surface area (Å²) in [5.41, 5.74) is 3.13. The van der Waals surface area contributed by atoms with E-state index < -0.39 is 0 Å². The van der Waals surface area contributed by atoms with Crippen LogP contribution in [0.15, 0.2) is 42.5 Å². The first-order chi connectivity index (χ1) is 11.0. The van der Waals surface area contributed by atoms with E-state index in [1.165, 1.54) is 12.1 Å². The van der Waals surface area contributed by atoms with Gasteiger partial charge in [-0.15, -0.1) is 0 Å². The van der Waals surface area contributed by atoms with Gasteiger partial charge < -0.3 is 10.6 Å². The van der Waals surface area contributed by atoms with Crippen molar-refractivity contribution >= 4 is 23.2 Å². The molecule has 0 fully saturated rings. The lowest BCUT2D eigenvalue weighted by Crippen LogP contribution is -2.12. The Morgan fingerprint density at radius 2 is 2.09 bits per heavy atom. The first-order valence-electron chi connectivity index (χ1n) is 7.52. The second kappa shape index (κ2) is 6.20. The fourth-order valence-corrected chi connectivity index (χ4v) is 2.67. The van der Waals surface area contributed by atoms with Crippen molar-refractivity contribution < 1.29 is 14.0 Å². The molecule has 4 nitrogen and oxygen atoms in total. The third-order valence-corrected chi connectivity index (χ3v) is 3.98. The molecule has 0 saturated carbocycles. The van der Waals surface area contributed by atoms with Crippen LogP contribution in [0.3, 0.4) is 0 Å². The van der Waals surface area contributed by atoms with E-state index in [9.17, 15) is 14.0 Å². The standard InChI is InChI=1S/C18H17FN2O2/c1-11-15-10-14(6-7-16(15)21-18(11)23)20-17(22)8-5-12-3-2-4-13(19)9-12/h2-4,6-7,9-11H,5,8H2,1H3,(H,20,22)(H,21,23). The monoisotopic (exact) mass is 312 g/mol.